The first-order valence-corrected chi connectivity index (χ1v) is 6.54. The van der Waals surface area contributed by atoms with Gasteiger partial charge in [0.2, 0.25) is 5.78 Å². The SMILES string of the molecule is c1ccc(-c2cn3c4c(cnc3n2)CNCC4)cc1. The van der Waals surface area contributed by atoms with Gasteiger partial charge in [0.15, 0.2) is 0 Å². The van der Waals surface area contributed by atoms with Crippen LogP contribution in [-0.4, -0.2) is 20.9 Å². The molecule has 3 heterocycles. The number of fused-ring (bicyclic) bond motifs is 3. The topological polar surface area (TPSA) is 42.2 Å². The number of imidazole rings is 1. The van der Waals surface area contributed by atoms with Gasteiger partial charge in [-0.2, -0.15) is 0 Å². The normalized spacial score (nSPS) is 14.5. The first-order valence-electron chi connectivity index (χ1n) is 6.54. The van der Waals surface area contributed by atoms with Gasteiger partial charge in [0, 0.05) is 48.7 Å². The van der Waals surface area contributed by atoms with E-state index in [1.807, 2.05) is 24.4 Å². The largest absolute Gasteiger partial charge is 0.312 e. The zero-order valence-electron chi connectivity index (χ0n) is 10.5. The van der Waals surface area contributed by atoms with Crippen molar-refractivity contribution in [3.8, 4) is 11.3 Å². The number of hydrogen-bond acceptors (Lipinski definition) is 3. The molecule has 4 nitrogen and oxygen atoms in total. The second kappa shape index (κ2) is 4.17. The monoisotopic (exact) mass is 250 g/mol. The Labute approximate surface area is 111 Å². The maximum Gasteiger partial charge on any atom is 0.234 e. The molecule has 0 unspecified atom stereocenters. The van der Waals surface area contributed by atoms with Crippen molar-refractivity contribution in [1.82, 2.24) is 19.7 Å². The van der Waals surface area contributed by atoms with E-state index in [1.165, 1.54) is 11.3 Å². The highest BCUT2D eigenvalue weighted by Gasteiger charge is 2.14. The van der Waals surface area contributed by atoms with E-state index in [2.05, 4.69) is 38.0 Å². The van der Waals surface area contributed by atoms with Gasteiger partial charge in [-0.25, -0.2) is 9.97 Å². The number of rotatable bonds is 1. The minimum atomic E-state index is 0.791. The summed E-state index contributed by atoms with van der Waals surface area (Å²) in [5, 5.41) is 3.37. The Kier molecular flexibility index (Phi) is 2.35. The Morgan fingerprint density at radius 3 is 2.95 bits per heavy atom. The summed E-state index contributed by atoms with van der Waals surface area (Å²) in [7, 11) is 0. The van der Waals surface area contributed by atoms with E-state index >= 15 is 0 Å². The summed E-state index contributed by atoms with van der Waals surface area (Å²) < 4.78 is 2.14. The van der Waals surface area contributed by atoms with Gasteiger partial charge >= 0.3 is 0 Å². The second-order valence-corrected chi connectivity index (χ2v) is 4.82. The van der Waals surface area contributed by atoms with E-state index in [4.69, 9.17) is 0 Å². The molecule has 0 atom stereocenters. The Balaban J connectivity index is 1.92. The number of aromatic nitrogens is 3. The van der Waals surface area contributed by atoms with Crippen LogP contribution < -0.4 is 5.32 Å². The molecule has 4 rings (SSSR count). The summed E-state index contributed by atoms with van der Waals surface area (Å²) in [4.78, 5) is 9.08. The van der Waals surface area contributed by atoms with Gasteiger partial charge in [-0.3, -0.25) is 4.40 Å². The van der Waals surface area contributed by atoms with Gasteiger partial charge in [0.1, 0.15) is 0 Å². The third-order valence-electron chi connectivity index (χ3n) is 3.61. The molecule has 0 saturated carbocycles. The van der Waals surface area contributed by atoms with E-state index in [0.29, 0.717) is 0 Å². The van der Waals surface area contributed by atoms with Crippen LogP contribution in [0.15, 0.2) is 42.7 Å². The molecule has 1 aliphatic rings. The molecule has 3 aromatic rings. The van der Waals surface area contributed by atoms with Crippen LogP contribution in [0.25, 0.3) is 17.0 Å². The molecule has 19 heavy (non-hydrogen) atoms. The summed E-state index contributed by atoms with van der Waals surface area (Å²) in [6, 6.07) is 10.2. The van der Waals surface area contributed by atoms with Crippen LogP contribution in [0.5, 0.6) is 0 Å². The van der Waals surface area contributed by atoms with Gasteiger partial charge in [-0.05, 0) is 0 Å². The van der Waals surface area contributed by atoms with Crippen LogP contribution in [0.4, 0.5) is 0 Å². The van der Waals surface area contributed by atoms with Crippen molar-refractivity contribution in [3.05, 3.63) is 54.0 Å². The lowest BCUT2D eigenvalue weighted by Gasteiger charge is -2.17. The Morgan fingerprint density at radius 1 is 1.16 bits per heavy atom. The van der Waals surface area contributed by atoms with Crippen molar-refractivity contribution in [3.63, 3.8) is 0 Å². The molecule has 2 aromatic heterocycles. The van der Waals surface area contributed by atoms with Crippen LogP contribution in [0.2, 0.25) is 0 Å². The first-order chi connectivity index (χ1) is 9.42. The molecular weight excluding hydrogens is 236 g/mol. The lowest BCUT2D eigenvalue weighted by molar-refractivity contribution is 0.620. The minimum Gasteiger partial charge on any atom is -0.312 e. The van der Waals surface area contributed by atoms with Crippen LogP contribution in [-0.2, 0) is 13.0 Å². The maximum absolute atomic E-state index is 4.62. The first kappa shape index (κ1) is 10.7. The van der Waals surface area contributed by atoms with Crippen LogP contribution >= 0.6 is 0 Å². The fraction of sp³-hybridized carbons (Fsp3) is 0.200. The molecule has 0 radical (unpaired) electrons. The minimum absolute atomic E-state index is 0.791. The summed E-state index contributed by atoms with van der Waals surface area (Å²) in [6.07, 6.45) is 5.07. The van der Waals surface area contributed by atoms with Crippen molar-refractivity contribution in [2.45, 2.75) is 13.0 Å². The van der Waals surface area contributed by atoms with Crippen LogP contribution in [0.1, 0.15) is 11.3 Å². The fourth-order valence-corrected chi connectivity index (χ4v) is 2.63. The average Bonchev–Trinajstić information content (AvgIpc) is 2.93. The van der Waals surface area contributed by atoms with E-state index in [-0.39, 0.29) is 0 Å². The molecule has 0 bridgehead atoms. The van der Waals surface area contributed by atoms with Crippen molar-refractivity contribution < 1.29 is 0 Å². The van der Waals surface area contributed by atoms with Crippen molar-refractivity contribution in [2.24, 2.45) is 0 Å². The highest BCUT2D eigenvalue weighted by Crippen LogP contribution is 2.21. The second-order valence-electron chi connectivity index (χ2n) is 4.82. The van der Waals surface area contributed by atoms with Gasteiger partial charge in [-0.1, -0.05) is 30.3 Å². The number of hydrogen-bond donors (Lipinski definition) is 1. The average molecular weight is 250 g/mol. The fourth-order valence-electron chi connectivity index (χ4n) is 2.63. The lowest BCUT2D eigenvalue weighted by Crippen LogP contribution is -2.25. The zero-order valence-corrected chi connectivity index (χ0v) is 10.5. The smallest absolute Gasteiger partial charge is 0.234 e. The van der Waals surface area contributed by atoms with E-state index in [9.17, 15) is 0 Å². The predicted molar refractivity (Wildman–Crippen MR) is 73.8 cm³/mol. The highest BCUT2D eigenvalue weighted by atomic mass is 15.1. The van der Waals surface area contributed by atoms with Crippen molar-refractivity contribution >= 4 is 5.78 Å². The highest BCUT2D eigenvalue weighted by molar-refractivity contribution is 5.61. The summed E-state index contributed by atoms with van der Waals surface area (Å²) in [6.45, 7) is 1.92. The lowest BCUT2D eigenvalue weighted by atomic mass is 10.1. The van der Waals surface area contributed by atoms with E-state index in [0.717, 1.165) is 36.5 Å². The maximum atomic E-state index is 4.62. The van der Waals surface area contributed by atoms with Gasteiger partial charge in [0.25, 0.3) is 0 Å². The molecule has 4 heteroatoms. The summed E-state index contributed by atoms with van der Waals surface area (Å²) in [5.74, 6) is 0.791. The summed E-state index contributed by atoms with van der Waals surface area (Å²) >= 11 is 0. The molecule has 0 saturated heterocycles. The molecular formula is C15H14N4. The Morgan fingerprint density at radius 2 is 2.05 bits per heavy atom. The zero-order chi connectivity index (χ0) is 12.7. The van der Waals surface area contributed by atoms with Gasteiger partial charge < -0.3 is 5.32 Å². The summed E-state index contributed by atoms with van der Waals surface area (Å²) in [5.41, 5.74) is 4.73. The molecule has 1 aromatic carbocycles. The Bertz CT molecular complexity index is 730. The van der Waals surface area contributed by atoms with Gasteiger partial charge in [0.05, 0.1) is 5.69 Å². The van der Waals surface area contributed by atoms with Crippen LogP contribution in [0.3, 0.4) is 0 Å². The number of nitrogens with zero attached hydrogens (tertiary/aromatic N) is 3. The molecule has 0 fully saturated rings. The molecule has 1 aliphatic heterocycles. The third-order valence-corrected chi connectivity index (χ3v) is 3.61. The quantitative estimate of drug-likeness (QED) is 0.718. The Hall–Kier alpha value is -2.20. The van der Waals surface area contributed by atoms with E-state index in [1.54, 1.807) is 0 Å². The van der Waals surface area contributed by atoms with Crippen LogP contribution in [0, 0.1) is 0 Å². The van der Waals surface area contributed by atoms with Crippen molar-refractivity contribution in [1.29, 1.82) is 0 Å². The number of nitrogens with one attached hydrogen (secondary N) is 1. The standard InChI is InChI=1S/C15H14N4/c1-2-4-11(5-3-1)13-10-19-14-6-7-16-8-12(14)9-17-15(19)18-13/h1-5,9-10,16H,6-8H2. The molecule has 94 valence electrons. The molecule has 0 amide bonds. The molecule has 0 aliphatic carbocycles. The number of benzene rings is 1. The molecule has 1 N–H and O–H groups in total. The third kappa shape index (κ3) is 1.72. The molecule has 0 spiro atoms. The van der Waals surface area contributed by atoms with Crippen molar-refractivity contribution in [2.75, 3.05) is 6.54 Å². The predicted octanol–water partition coefficient (Wildman–Crippen LogP) is 2.04. The van der Waals surface area contributed by atoms with Gasteiger partial charge in [-0.15, -0.1) is 0 Å². The van der Waals surface area contributed by atoms with E-state index < -0.39 is 0 Å².